The van der Waals surface area contributed by atoms with Crippen molar-refractivity contribution in [3.63, 3.8) is 0 Å². The van der Waals surface area contributed by atoms with E-state index in [4.69, 9.17) is 6.42 Å². The largest absolute Gasteiger partial charge is 0.313 e. The van der Waals surface area contributed by atoms with Crippen LogP contribution in [0.2, 0.25) is 0 Å². The molecule has 1 aliphatic carbocycles. The minimum absolute atomic E-state index is 0.619. The highest BCUT2D eigenvalue weighted by Crippen LogP contribution is 2.39. The van der Waals surface area contributed by atoms with E-state index in [1.54, 1.807) is 6.20 Å². The molecule has 82 valence electrons. The summed E-state index contributed by atoms with van der Waals surface area (Å²) in [5.41, 5.74) is 2.22. The van der Waals surface area contributed by atoms with E-state index in [1.807, 2.05) is 6.20 Å². The van der Waals surface area contributed by atoms with Crippen molar-refractivity contribution in [3.05, 3.63) is 29.6 Å². The van der Waals surface area contributed by atoms with Crippen LogP contribution in [0.3, 0.4) is 0 Å². The van der Waals surface area contributed by atoms with Gasteiger partial charge in [-0.15, -0.1) is 6.42 Å². The minimum Gasteiger partial charge on any atom is -0.313 e. The SMILES string of the molecule is C#Cc1cncc(C2CC3CCC2NC3)c1. The van der Waals surface area contributed by atoms with Crippen LogP contribution in [0, 0.1) is 18.3 Å². The van der Waals surface area contributed by atoms with Gasteiger partial charge >= 0.3 is 0 Å². The molecule has 3 atom stereocenters. The molecule has 16 heavy (non-hydrogen) atoms. The fourth-order valence-corrected chi connectivity index (χ4v) is 3.11. The van der Waals surface area contributed by atoms with Crippen LogP contribution in [0.4, 0.5) is 0 Å². The zero-order chi connectivity index (χ0) is 11.0. The van der Waals surface area contributed by atoms with Crippen LogP contribution in [0.1, 0.15) is 36.3 Å². The fourth-order valence-electron chi connectivity index (χ4n) is 3.11. The van der Waals surface area contributed by atoms with Crippen molar-refractivity contribution in [1.29, 1.82) is 0 Å². The quantitative estimate of drug-likeness (QED) is 0.719. The Kier molecular flexibility index (Phi) is 2.41. The third kappa shape index (κ3) is 1.62. The van der Waals surface area contributed by atoms with Gasteiger partial charge in [0.1, 0.15) is 0 Å². The number of terminal acetylenes is 1. The van der Waals surface area contributed by atoms with Gasteiger partial charge in [0.25, 0.3) is 0 Å². The van der Waals surface area contributed by atoms with Crippen LogP contribution < -0.4 is 5.32 Å². The number of hydrogen-bond acceptors (Lipinski definition) is 2. The Balaban J connectivity index is 1.89. The average Bonchev–Trinajstić information content (AvgIpc) is 2.40. The van der Waals surface area contributed by atoms with Gasteiger partial charge in [0.15, 0.2) is 0 Å². The van der Waals surface area contributed by atoms with Crippen LogP contribution in [-0.4, -0.2) is 17.6 Å². The molecule has 2 aliphatic heterocycles. The number of hydrogen-bond donors (Lipinski definition) is 1. The van der Waals surface area contributed by atoms with Crippen molar-refractivity contribution < 1.29 is 0 Å². The Morgan fingerprint density at radius 3 is 2.94 bits per heavy atom. The lowest BCUT2D eigenvalue weighted by atomic mass is 9.71. The van der Waals surface area contributed by atoms with E-state index in [0.29, 0.717) is 12.0 Å². The molecule has 0 aromatic carbocycles. The van der Waals surface area contributed by atoms with Gasteiger partial charge in [-0.2, -0.15) is 0 Å². The van der Waals surface area contributed by atoms with Crippen molar-refractivity contribution in [1.82, 2.24) is 10.3 Å². The van der Waals surface area contributed by atoms with E-state index in [0.717, 1.165) is 11.5 Å². The first-order valence-electron chi connectivity index (χ1n) is 6.02. The molecule has 2 bridgehead atoms. The molecule has 0 amide bonds. The number of aromatic nitrogens is 1. The summed E-state index contributed by atoms with van der Waals surface area (Å²) >= 11 is 0. The van der Waals surface area contributed by atoms with E-state index in [1.165, 1.54) is 31.4 Å². The summed E-state index contributed by atoms with van der Waals surface area (Å²) in [6.07, 6.45) is 13.1. The third-order valence-electron chi connectivity index (χ3n) is 3.98. The Hall–Kier alpha value is -1.33. The summed E-state index contributed by atoms with van der Waals surface area (Å²) in [5, 5.41) is 3.63. The molecule has 1 aromatic heterocycles. The zero-order valence-corrected chi connectivity index (χ0v) is 9.32. The Morgan fingerprint density at radius 1 is 1.38 bits per heavy atom. The molecule has 1 N–H and O–H groups in total. The van der Waals surface area contributed by atoms with Crippen molar-refractivity contribution in [2.75, 3.05) is 6.54 Å². The maximum atomic E-state index is 5.42. The predicted molar refractivity (Wildman–Crippen MR) is 64.0 cm³/mol. The summed E-state index contributed by atoms with van der Waals surface area (Å²) in [5.74, 6) is 4.14. The second-order valence-corrected chi connectivity index (χ2v) is 4.95. The molecule has 3 unspecified atom stereocenters. The van der Waals surface area contributed by atoms with Gasteiger partial charge in [-0.25, -0.2) is 0 Å². The van der Waals surface area contributed by atoms with E-state index in [9.17, 15) is 0 Å². The van der Waals surface area contributed by atoms with Crippen LogP contribution >= 0.6 is 0 Å². The summed E-state index contributed by atoms with van der Waals surface area (Å²) in [4.78, 5) is 4.24. The van der Waals surface area contributed by atoms with Crippen molar-refractivity contribution in [3.8, 4) is 12.3 Å². The van der Waals surface area contributed by atoms with Gasteiger partial charge in [0.05, 0.1) is 0 Å². The summed E-state index contributed by atoms with van der Waals surface area (Å²) < 4.78 is 0. The van der Waals surface area contributed by atoms with Gasteiger partial charge in [-0.1, -0.05) is 5.92 Å². The Labute approximate surface area is 96.5 Å². The van der Waals surface area contributed by atoms with Crippen LogP contribution in [0.5, 0.6) is 0 Å². The van der Waals surface area contributed by atoms with E-state index in [-0.39, 0.29) is 0 Å². The zero-order valence-electron chi connectivity index (χ0n) is 9.32. The maximum absolute atomic E-state index is 5.42. The standard InChI is InChI=1S/C14H16N2/c1-2-10-5-12(9-15-7-10)13-6-11-3-4-14(13)16-8-11/h1,5,7,9,11,13-14,16H,3-4,6,8H2. The summed E-state index contributed by atoms with van der Waals surface area (Å²) in [7, 11) is 0. The number of piperidine rings is 2. The number of nitrogens with one attached hydrogen (secondary N) is 1. The minimum atomic E-state index is 0.619. The first-order chi connectivity index (χ1) is 7.86. The van der Waals surface area contributed by atoms with Crippen LogP contribution in [0.25, 0.3) is 0 Å². The number of nitrogens with zero attached hydrogens (tertiary/aromatic N) is 1. The van der Waals surface area contributed by atoms with E-state index in [2.05, 4.69) is 22.3 Å². The van der Waals surface area contributed by atoms with E-state index < -0.39 is 0 Å². The molecule has 0 radical (unpaired) electrons. The van der Waals surface area contributed by atoms with Gasteiger partial charge in [-0.05, 0) is 43.4 Å². The molecule has 4 rings (SSSR count). The highest BCUT2D eigenvalue weighted by Gasteiger charge is 2.36. The molecular weight excluding hydrogens is 196 g/mol. The van der Waals surface area contributed by atoms with Gasteiger partial charge in [-0.3, -0.25) is 4.98 Å². The molecule has 3 fully saturated rings. The first-order valence-corrected chi connectivity index (χ1v) is 6.02. The number of fused-ring (bicyclic) bond motifs is 3. The van der Waals surface area contributed by atoms with Gasteiger partial charge in [0, 0.05) is 29.9 Å². The molecule has 2 nitrogen and oxygen atoms in total. The third-order valence-corrected chi connectivity index (χ3v) is 3.98. The monoisotopic (exact) mass is 212 g/mol. The van der Waals surface area contributed by atoms with Crippen molar-refractivity contribution >= 4 is 0 Å². The highest BCUT2D eigenvalue weighted by molar-refractivity contribution is 5.34. The summed E-state index contributed by atoms with van der Waals surface area (Å²) in [6, 6.07) is 2.76. The van der Waals surface area contributed by atoms with Crippen LogP contribution in [-0.2, 0) is 0 Å². The molecule has 3 aliphatic rings. The number of rotatable bonds is 1. The van der Waals surface area contributed by atoms with Gasteiger partial charge in [0.2, 0.25) is 0 Å². The Bertz CT molecular complexity index is 425. The fraction of sp³-hybridized carbons (Fsp3) is 0.500. The van der Waals surface area contributed by atoms with Crippen molar-refractivity contribution in [2.45, 2.75) is 31.2 Å². The van der Waals surface area contributed by atoms with Crippen molar-refractivity contribution in [2.24, 2.45) is 5.92 Å². The maximum Gasteiger partial charge on any atom is 0.0428 e. The topological polar surface area (TPSA) is 24.9 Å². The molecule has 0 spiro atoms. The summed E-state index contributed by atoms with van der Waals surface area (Å²) in [6.45, 7) is 1.20. The van der Waals surface area contributed by atoms with Crippen LogP contribution in [0.15, 0.2) is 18.5 Å². The number of pyridine rings is 1. The molecular formula is C14H16N2. The lowest BCUT2D eigenvalue weighted by Crippen LogP contribution is -2.49. The van der Waals surface area contributed by atoms with E-state index >= 15 is 0 Å². The molecule has 3 heterocycles. The molecule has 2 saturated heterocycles. The second-order valence-electron chi connectivity index (χ2n) is 4.95. The molecule has 1 aromatic rings. The lowest BCUT2D eigenvalue weighted by molar-refractivity contribution is 0.183. The normalized spacial score (nSPS) is 32.3. The molecule has 2 heteroatoms. The second kappa shape index (κ2) is 3.92. The first kappa shape index (κ1) is 9.86. The molecule has 1 saturated carbocycles. The lowest BCUT2D eigenvalue weighted by Gasteiger charge is -2.43. The Morgan fingerprint density at radius 2 is 2.31 bits per heavy atom. The average molecular weight is 212 g/mol. The van der Waals surface area contributed by atoms with Gasteiger partial charge < -0.3 is 5.32 Å². The smallest absolute Gasteiger partial charge is 0.0428 e. The predicted octanol–water partition coefficient (Wildman–Crippen LogP) is 1.92. The highest BCUT2D eigenvalue weighted by atomic mass is 15.0.